The number of nitrogen functional groups attached to an aromatic ring is 1. The lowest BCUT2D eigenvalue weighted by Gasteiger charge is -2.28. The van der Waals surface area contributed by atoms with Gasteiger partial charge < -0.3 is 19.6 Å². The number of aromatic nitrogens is 2. The van der Waals surface area contributed by atoms with E-state index in [1.54, 1.807) is 0 Å². The molecule has 2 N–H and O–H groups in total. The molecule has 2 aromatic carbocycles. The van der Waals surface area contributed by atoms with Gasteiger partial charge in [0.05, 0.1) is 11.4 Å². The Balaban J connectivity index is 1.43. The SMILES string of the molecule is Nc1ccc2nc(-c3ccc4c(c3)OCO4)c(CN3CCc4ccccc4C3)n2c1. The summed E-state index contributed by atoms with van der Waals surface area (Å²) >= 11 is 0. The molecule has 0 fully saturated rings. The summed E-state index contributed by atoms with van der Waals surface area (Å²) in [6.07, 6.45) is 3.03. The molecule has 150 valence electrons. The van der Waals surface area contributed by atoms with Crippen LogP contribution in [0.25, 0.3) is 16.9 Å². The highest BCUT2D eigenvalue weighted by atomic mass is 16.7. The van der Waals surface area contributed by atoms with Crippen molar-refractivity contribution in [3.05, 3.63) is 77.6 Å². The third-order valence-electron chi connectivity index (χ3n) is 5.97. The molecule has 0 atom stereocenters. The Morgan fingerprint density at radius 3 is 2.77 bits per heavy atom. The van der Waals surface area contributed by atoms with Crippen LogP contribution in [0.15, 0.2) is 60.8 Å². The quantitative estimate of drug-likeness (QED) is 0.568. The van der Waals surface area contributed by atoms with E-state index in [1.807, 2.05) is 36.5 Å². The average molecular weight is 398 g/mol. The smallest absolute Gasteiger partial charge is 0.231 e. The van der Waals surface area contributed by atoms with Crippen LogP contribution in [-0.2, 0) is 19.5 Å². The molecule has 0 radical (unpaired) electrons. The van der Waals surface area contributed by atoms with E-state index < -0.39 is 0 Å². The summed E-state index contributed by atoms with van der Waals surface area (Å²) < 4.78 is 13.2. The summed E-state index contributed by atoms with van der Waals surface area (Å²) in [5.74, 6) is 1.54. The van der Waals surface area contributed by atoms with E-state index in [0.717, 1.165) is 65.8 Å². The Morgan fingerprint density at radius 1 is 0.967 bits per heavy atom. The molecule has 0 saturated carbocycles. The lowest BCUT2D eigenvalue weighted by atomic mass is 9.99. The number of fused-ring (bicyclic) bond motifs is 3. The fraction of sp³-hybridized carbons (Fsp3) is 0.208. The van der Waals surface area contributed by atoms with Crippen LogP contribution in [0.5, 0.6) is 11.5 Å². The number of anilines is 1. The van der Waals surface area contributed by atoms with Crippen molar-refractivity contribution in [3.8, 4) is 22.8 Å². The molecule has 6 rings (SSSR count). The highest BCUT2D eigenvalue weighted by Gasteiger charge is 2.22. The van der Waals surface area contributed by atoms with Crippen LogP contribution in [-0.4, -0.2) is 27.6 Å². The Hall–Kier alpha value is -3.51. The molecule has 0 spiro atoms. The van der Waals surface area contributed by atoms with Crippen LogP contribution < -0.4 is 15.2 Å². The third-order valence-corrected chi connectivity index (χ3v) is 5.97. The molecular weight excluding hydrogens is 376 g/mol. The Morgan fingerprint density at radius 2 is 1.83 bits per heavy atom. The van der Waals surface area contributed by atoms with Crippen LogP contribution in [0.2, 0.25) is 0 Å². The number of hydrogen-bond donors (Lipinski definition) is 1. The summed E-state index contributed by atoms with van der Waals surface area (Å²) in [6, 6.07) is 18.6. The van der Waals surface area contributed by atoms with Gasteiger partial charge in [-0.1, -0.05) is 24.3 Å². The zero-order valence-corrected chi connectivity index (χ0v) is 16.5. The monoisotopic (exact) mass is 398 g/mol. The molecule has 0 amide bonds. The van der Waals surface area contributed by atoms with Crippen molar-refractivity contribution in [2.24, 2.45) is 0 Å². The minimum absolute atomic E-state index is 0.264. The number of nitrogens with zero attached hydrogens (tertiary/aromatic N) is 3. The zero-order chi connectivity index (χ0) is 20.1. The number of nitrogens with two attached hydrogens (primary N) is 1. The van der Waals surface area contributed by atoms with Gasteiger partial charge >= 0.3 is 0 Å². The fourth-order valence-electron chi connectivity index (χ4n) is 4.44. The summed E-state index contributed by atoms with van der Waals surface area (Å²) in [5, 5.41) is 0. The molecule has 6 nitrogen and oxygen atoms in total. The number of hydrogen-bond acceptors (Lipinski definition) is 5. The van der Waals surface area contributed by atoms with Crippen molar-refractivity contribution in [2.45, 2.75) is 19.5 Å². The van der Waals surface area contributed by atoms with Crippen LogP contribution >= 0.6 is 0 Å². The van der Waals surface area contributed by atoms with Crippen molar-refractivity contribution < 1.29 is 9.47 Å². The van der Waals surface area contributed by atoms with Gasteiger partial charge in [0.15, 0.2) is 11.5 Å². The number of rotatable bonds is 3. The van der Waals surface area contributed by atoms with Gasteiger partial charge in [-0.2, -0.15) is 0 Å². The average Bonchev–Trinajstić information content (AvgIpc) is 3.38. The van der Waals surface area contributed by atoms with Gasteiger partial charge in [0.2, 0.25) is 6.79 Å². The predicted octanol–water partition coefficient (Wildman–Crippen LogP) is 3.87. The van der Waals surface area contributed by atoms with Gasteiger partial charge in [-0.3, -0.25) is 4.90 Å². The molecule has 4 aromatic rings. The van der Waals surface area contributed by atoms with E-state index in [4.69, 9.17) is 20.2 Å². The van der Waals surface area contributed by atoms with Crippen molar-refractivity contribution in [3.63, 3.8) is 0 Å². The first-order chi connectivity index (χ1) is 14.7. The fourth-order valence-corrected chi connectivity index (χ4v) is 4.44. The second kappa shape index (κ2) is 6.78. The van der Waals surface area contributed by atoms with Crippen molar-refractivity contribution in [2.75, 3.05) is 19.1 Å². The Labute approximate surface area is 174 Å². The summed E-state index contributed by atoms with van der Waals surface area (Å²) in [6.45, 7) is 3.02. The molecule has 0 saturated heterocycles. The second-order valence-corrected chi connectivity index (χ2v) is 7.90. The Kier molecular flexibility index (Phi) is 3.92. The standard InChI is InChI=1S/C24H22N4O2/c25-19-6-8-23-26-24(17-5-7-21-22(11-17)30-15-29-21)20(28(23)13-19)14-27-10-9-16-3-1-2-4-18(16)12-27/h1-8,11,13H,9-10,12,14-15,25H2. The molecule has 2 aliphatic rings. The van der Waals surface area contributed by atoms with E-state index in [1.165, 1.54) is 11.1 Å². The molecule has 2 aromatic heterocycles. The van der Waals surface area contributed by atoms with Crippen LogP contribution in [0.3, 0.4) is 0 Å². The predicted molar refractivity (Wildman–Crippen MR) is 115 cm³/mol. The van der Waals surface area contributed by atoms with Crippen LogP contribution in [0, 0.1) is 0 Å². The topological polar surface area (TPSA) is 65.0 Å². The Bertz CT molecular complexity index is 1260. The van der Waals surface area contributed by atoms with E-state index >= 15 is 0 Å². The van der Waals surface area contributed by atoms with Gasteiger partial charge in [-0.25, -0.2) is 4.98 Å². The molecule has 0 aliphatic carbocycles. The maximum Gasteiger partial charge on any atom is 0.231 e. The summed E-state index contributed by atoms with van der Waals surface area (Å²) in [4.78, 5) is 7.42. The molecule has 0 bridgehead atoms. The van der Waals surface area contributed by atoms with Gasteiger partial charge in [0.25, 0.3) is 0 Å². The van der Waals surface area contributed by atoms with Crippen molar-refractivity contribution in [1.82, 2.24) is 14.3 Å². The number of pyridine rings is 1. The van der Waals surface area contributed by atoms with Gasteiger partial charge in [0.1, 0.15) is 5.65 Å². The highest BCUT2D eigenvalue weighted by Crippen LogP contribution is 2.37. The number of imidazole rings is 1. The highest BCUT2D eigenvalue weighted by molar-refractivity contribution is 5.70. The van der Waals surface area contributed by atoms with E-state index in [-0.39, 0.29) is 6.79 Å². The molecule has 4 heterocycles. The normalized spacial score (nSPS) is 15.5. The zero-order valence-electron chi connectivity index (χ0n) is 16.5. The molecule has 2 aliphatic heterocycles. The first-order valence-electron chi connectivity index (χ1n) is 10.2. The second-order valence-electron chi connectivity index (χ2n) is 7.90. The minimum atomic E-state index is 0.264. The minimum Gasteiger partial charge on any atom is -0.454 e. The van der Waals surface area contributed by atoms with E-state index in [2.05, 4.69) is 33.6 Å². The van der Waals surface area contributed by atoms with Gasteiger partial charge in [0, 0.05) is 37.1 Å². The largest absolute Gasteiger partial charge is 0.454 e. The van der Waals surface area contributed by atoms with Gasteiger partial charge in [-0.05, 0) is 47.9 Å². The molecule has 30 heavy (non-hydrogen) atoms. The first kappa shape index (κ1) is 17.4. The first-order valence-corrected chi connectivity index (χ1v) is 10.2. The van der Waals surface area contributed by atoms with E-state index in [0.29, 0.717) is 0 Å². The maximum atomic E-state index is 6.11. The molecule has 6 heteroatoms. The lowest BCUT2D eigenvalue weighted by molar-refractivity contribution is 0.174. The van der Waals surface area contributed by atoms with Crippen molar-refractivity contribution >= 4 is 11.3 Å². The summed E-state index contributed by atoms with van der Waals surface area (Å²) in [5.41, 5.74) is 13.7. The molecule has 0 unspecified atom stereocenters. The van der Waals surface area contributed by atoms with Crippen molar-refractivity contribution in [1.29, 1.82) is 0 Å². The summed E-state index contributed by atoms with van der Waals surface area (Å²) in [7, 11) is 0. The van der Waals surface area contributed by atoms with Gasteiger partial charge in [-0.15, -0.1) is 0 Å². The van der Waals surface area contributed by atoms with E-state index in [9.17, 15) is 0 Å². The number of ether oxygens (including phenoxy) is 2. The third kappa shape index (κ3) is 2.88. The van der Waals surface area contributed by atoms with Crippen LogP contribution in [0.1, 0.15) is 16.8 Å². The molecular formula is C24H22N4O2. The van der Waals surface area contributed by atoms with Crippen LogP contribution in [0.4, 0.5) is 5.69 Å². The maximum absolute atomic E-state index is 6.11. The number of benzene rings is 2. The lowest BCUT2D eigenvalue weighted by Crippen LogP contribution is -2.30.